The van der Waals surface area contributed by atoms with Gasteiger partial charge < -0.3 is 24.7 Å². The Bertz CT molecular complexity index is 723. The van der Waals surface area contributed by atoms with E-state index in [1.54, 1.807) is 26.8 Å². The molecule has 1 heterocycles. The van der Waals surface area contributed by atoms with Crippen LogP contribution in [-0.4, -0.2) is 63.0 Å². The number of ether oxygens (including phenoxy) is 4. The van der Waals surface area contributed by atoms with Gasteiger partial charge in [0, 0.05) is 25.7 Å². The summed E-state index contributed by atoms with van der Waals surface area (Å²) < 4.78 is 21.7. The minimum Gasteiger partial charge on any atom is -0.496 e. The van der Waals surface area contributed by atoms with E-state index >= 15 is 0 Å². The van der Waals surface area contributed by atoms with Crippen molar-refractivity contribution in [2.24, 2.45) is 5.73 Å². The van der Waals surface area contributed by atoms with Gasteiger partial charge in [-0.15, -0.1) is 0 Å². The van der Waals surface area contributed by atoms with Gasteiger partial charge >= 0.3 is 6.09 Å². The smallest absolute Gasteiger partial charge is 0.412 e. The number of rotatable bonds is 6. The number of nitrogens with zero attached hydrogens (tertiary/aromatic N) is 1. The molecule has 0 bridgehead atoms. The topological polar surface area (TPSA) is 112 Å². The van der Waals surface area contributed by atoms with Crippen LogP contribution in [0.25, 0.3) is 0 Å². The quantitative estimate of drug-likeness (QED) is 0.757. The lowest BCUT2D eigenvalue weighted by molar-refractivity contribution is 0.0335. The Kier molecular flexibility index (Phi) is 7.09. The normalized spacial score (nSPS) is 15.0. The maximum absolute atomic E-state index is 12.2. The van der Waals surface area contributed by atoms with E-state index < -0.39 is 17.6 Å². The zero-order valence-corrected chi connectivity index (χ0v) is 17.1. The summed E-state index contributed by atoms with van der Waals surface area (Å²) in [5, 5.41) is 2.57. The second-order valence-corrected chi connectivity index (χ2v) is 7.39. The summed E-state index contributed by atoms with van der Waals surface area (Å²) in [6.45, 7) is 8.47. The predicted molar refractivity (Wildman–Crippen MR) is 104 cm³/mol. The molecule has 0 spiro atoms. The van der Waals surface area contributed by atoms with Crippen molar-refractivity contribution in [3.8, 4) is 11.5 Å². The average molecular weight is 395 g/mol. The number of primary amides is 1. The summed E-state index contributed by atoms with van der Waals surface area (Å²) in [6.07, 6.45) is -0.708. The van der Waals surface area contributed by atoms with E-state index in [2.05, 4.69) is 10.2 Å². The highest BCUT2D eigenvalue weighted by molar-refractivity contribution is 6.05. The molecule has 1 saturated heterocycles. The molecule has 156 valence electrons. The van der Waals surface area contributed by atoms with Crippen molar-refractivity contribution in [3.63, 3.8) is 0 Å². The Hall–Kier alpha value is -2.52. The van der Waals surface area contributed by atoms with Gasteiger partial charge in [-0.05, 0) is 20.8 Å². The molecule has 0 unspecified atom stereocenters. The van der Waals surface area contributed by atoms with Crippen molar-refractivity contribution in [1.82, 2.24) is 4.90 Å². The van der Waals surface area contributed by atoms with Gasteiger partial charge in [0.05, 0.1) is 38.7 Å². The van der Waals surface area contributed by atoms with E-state index in [9.17, 15) is 9.59 Å². The summed E-state index contributed by atoms with van der Waals surface area (Å²) in [5.74, 6) is 0.0117. The Balaban J connectivity index is 2.45. The number of benzene rings is 1. The lowest BCUT2D eigenvalue weighted by Crippen LogP contribution is -2.36. The first kappa shape index (κ1) is 21.8. The molecular weight excluding hydrogens is 366 g/mol. The van der Waals surface area contributed by atoms with Gasteiger partial charge in [-0.3, -0.25) is 15.0 Å². The molecule has 9 heteroatoms. The molecule has 1 aromatic rings. The molecule has 1 fully saturated rings. The fourth-order valence-electron chi connectivity index (χ4n) is 2.97. The van der Waals surface area contributed by atoms with E-state index in [0.29, 0.717) is 31.1 Å². The molecule has 28 heavy (non-hydrogen) atoms. The van der Waals surface area contributed by atoms with Gasteiger partial charge in [-0.1, -0.05) is 0 Å². The standard InChI is InChI=1S/C19H29N3O6/c1-19(2,3)28-18(24)21-13-10-14(25-4)12(11-22-6-8-27-9-7-22)16(26-5)15(13)17(20)23/h10H,6-9,11H2,1-5H3,(H2,20,23)(H,21,24). The van der Waals surface area contributed by atoms with Crippen LogP contribution in [0, 0.1) is 0 Å². The number of amides is 2. The van der Waals surface area contributed by atoms with Crippen LogP contribution in [0.4, 0.5) is 10.5 Å². The molecule has 0 saturated carbocycles. The second-order valence-electron chi connectivity index (χ2n) is 7.39. The zero-order chi connectivity index (χ0) is 20.9. The Morgan fingerprint density at radius 1 is 1.21 bits per heavy atom. The number of nitrogens with one attached hydrogen (secondary N) is 1. The van der Waals surface area contributed by atoms with Crippen LogP contribution in [0.3, 0.4) is 0 Å². The Morgan fingerprint density at radius 2 is 1.86 bits per heavy atom. The van der Waals surface area contributed by atoms with E-state index in [1.807, 2.05) is 0 Å². The fourth-order valence-corrected chi connectivity index (χ4v) is 2.97. The van der Waals surface area contributed by atoms with Gasteiger partial charge in [0.2, 0.25) is 0 Å². The number of hydrogen-bond donors (Lipinski definition) is 2. The van der Waals surface area contributed by atoms with Crippen molar-refractivity contribution >= 4 is 17.7 Å². The molecule has 2 amide bonds. The Morgan fingerprint density at radius 3 is 2.36 bits per heavy atom. The molecule has 2 rings (SSSR count). The van der Waals surface area contributed by atoms with Crippen molar-refractivity contribution in [2.75, 3.05) is 45.8 Å². The highest BCUT2D eigenvalue weighted by atomic mass is 16.6. The fraction of sp³-hybridized carbons (Fsp3) is 0.579. The van der Waals surface area contributed by atoms with E-state index in [-0.39, 0.29) is 17.0 Å². The summed E-state index contributed by atoms with van der Waals surface area (Å²) >= 11 is 0. The highest BCUT2D eigenvalue weighted by Gasteiger charge is 2.27. The van der Waals surface area contributed by atoms with Crippen LogP contribution in [0.2, 0.25) is 0 Å². The van der Waals surface area contributed by atoms with Gasteiger partial charge in [0.15, 0.2) is 0 Å². The molecule has 3 N–H and O–H groups in total. The minimum atomic E-state index is -0.728. The summed E-state index contributed by atoms with van der Waals surface area (Å²) in [6, 6.07) is 1.56. The van der Waals surface area contributed by atoms with Crippen LogP contribution >= 0.6 is 0 Å². The van der Waals surface area contributed by atoms with Gasteiger partial charge in [0.25, 0.3) is 5.91 Å². The minimum absolute atomic E-state index is 0.0671. The van der Waals surface area contributed by atoms with Crippen LogP contribution in [-0.2, 0) is 16.0 Å². The Labute approximate surface area is 165 Å². The van der Waals surface area contributed by atoms with Gasteiger partial charge in [-0.2, -0.15) is 0 Å². The number of carbonyl (C=O) groups excluding carboxylic acids is 2. The van der Waals surface area contributed by atoms with Crippen molar-refractivity contribution < 1.29 is 28.5 Å². The SMILES string of the molecule is COc1cc(NC(=O)OC(C)(C)C)c(C(N)=O)c(OC)c1CN1CCOCC1. The highest BCUT2D eigenvalue weighted by Crippen LogP contribution is 2.39. The number of anilines is 1. The number of hydrogen-bond acceptors (Lipinski definition) is 7. The van der Waals surface area contributed by atoms with Gasteiger partial charge in [-0.25, -0.2) is 4.79 Å². The van der Waals surface area contributed by atoms with Crippen molar-refractivity contribution in [1.29, 1.82) is 0 Å². The third-order valence-corrected chi connectivity index (χ3v) is 4.13. The molecule has 0 atom stereocenters. The molecule has 0 aromatic heterocycles. The summed E-state index contributed by atoms with van der Waals surface area (Å²) in [7, 11) is 2.96. The lowest BCUT2D eigenvalue weighted by atomic mass is 10.0. The molecule has 0 aliphatic carbocycles. The largest absolute Gasteiger partial charge is 0.496 e. The molecule has 1 aliphatic rings. The van der Waals surface area contributed by atoms with Crippen LogP contribution in [0.1, 0.15) is 36.7 Å². The number of morpholine rings is 1. The van der Waals surface area contributed by atoms with Crippen LogP contribution in [0.15, 0.2) is 6.07 Å². The van der Waals surface area contributed by atoms with Gasteiger partial charge in [0.1, 0.15) is 22.7 Å². The number of carbonyl (C=O) groups is 2. The predicted octanol–water partition coefficient (Wildman–Crippen LogP) is 1.98. The third kappa shape index (κ3) is 5.49. The molecule has 9 nitrogen and oxygen atoms in total. The maximum Gasteiger partial charge on any atom is 0.412 e. The monoisotopic (exact) mass is 395 g/mol. The van der Waals surface area contributed by atoms with Crippen molar-refractivity contribution in [3.05, 3.63) is 17.2 Å². The molecule has 0 radical (unpaired) electrons. The molecular formula is C19H29N3O6. The van der Waals surface area contributed by atoms with E-state index in [4.69, 9.17) is 24.7 Å². The second kappa shape index (κ2) is 9.11. The van der Waals surface area contributed by atoms with Crippen molar-refractivity contribution in [2.45, 2.75) is 32.9 Å². The average Bonchev–Trinajstić information content (AvgIpc) is 2.61. The number of methoxy groups -OCH3 is 2. The zero-order valence-electron chi connectivity index (χ0n) is 17.1. The first-order valence-electron chi connectivity index (χ1n) is 9.04. The molecule has 1 aliphatic heterocycles. The first-order valence-corrected chi connectivity index (χ1v) is 9.04. The number of nitrogens with two attached hydrogens (primary N) is 1. The van der Waals surface area contributed by atoms with E-state index in [0.717, 1.165) is 13.1 Å². The third-order valence-electron chi connectivity index (χ3n) is 4.13. The lowest BCUT2D eigenvalue weighted by Gasteiger charge is -2.29. The molecule has 1 aromatic carbocycles. The summed E-state index contributed by atoms with van der Waals surface area (Å²) in [4.78, 5) is 26.6. The maximum atomic E-state index is 12.2. The van der Waals surface area contributed by atoms with E-state index in [1.165, 1.54) is 14.2 Å². The van der Waals surface area contributed by atoms with Crippen LogP contribution in [0.5, 0.6) is 11.5 Å². The van der Waals surface area contributed by atoms with Crippen LogP contribution < -0.4 is 20.5 Å². The summed E-state index contributed by atoms with van der Waals surface area (Å²) in [5.41, 5.74) is 5.82. The first-order chi connectivity index (χ1) is 13.2.